The number of hydrogen-bond acceptors (Lipinski definition) is 3. The van der Waals surface area contributed by atoms with E-state index in [0.717, 1.165) is 17.5 Å². The minimum atomic E-state index is -3.40. The fourth-order valence-corrected chi connectivity index (χ4v) is 3.12. The van der Waals surface area contributed by atoms with Gasteiger partial charge in [0.15, 0.2) is 0 Å². The molecule has 0 aliphatic heterocycles. The summed E-state index contributed by atoms with van der Waals surface area (Å²) in [4.78, 5) is 12.6. The van der Waals surface area contributed by atoms with E-state index in [0.29, 0.717) is 16.8 Å². The van der Waals surface area contributed by atoms with Crippen LogP contribution in [0.3, 0.4) is 0 Å². The van der Waals surface area contributed by atoms with Crippen LogP contribution in [0.1, 0.15) is 41.3 Å². The Labute approximate surface area is 143 Å². The van der Waals surface area contributed by atoms with Crippen LogP contribution < -0.4 is 10.0 Å². The summed E-state index contributed by atoms with van der Waals surface area (Å²) in [5.74, 6) is 0.0126. The van der Waals surface area contributed by atoms with Gasteiger partial charge >= 0.3 is 0 Å². The lowest BCUT2D eigenvalue weighted by atomic mass is 10.0. The second-order valence-corrected chi connectivity index (χ2v) is 7.80. The molecule has 0 aromatic heterocycles. The van der Waals surface area contributed by atoms with Crippen molar-refractivity contribution in [3.05, 3.63) is 59.2 Å². The van der Waals surface area contributed by atoms with Crippen molar-refractivity contribution in [1.29, 1.82) is 0 Å². The summed E-state index contributed by atoms with van der Waals surface area (Å²) in [6.07, 6.45) is 1.08. The van der Waals surface area contributed by atoms with Gasteiger partial charge in [-0.1, -0.05) is 38.1 Å². The highest BCUT2D eigenvalue weighted by atomic mass is 32.2. The molecule has 0 unspecified atom stereocenters. The van der Waals surface area contributed by atoms with Crippen molar-refractivity contribution in [2.24, 2.45) is 0 Å². The van der Waals surface area contributed by atoms with Gasteiger partial charge in [-0.25, -0.2) is 8.42 Å². The molecule has 0 saturated heterocycles. The van der Waals surface area contributed by atoms with E-state index < -0.39 is 10.0 Å². The van der Waals surface area contributed by atoms with E-state index in [4.69, 9.17) is 0 Å². The van der Waals surface area contributed by atoms with E-state index in [2.05, 4.69) is 23.9 Å². The molecule has 0 aliphatic carbocycles. The molecule has 0 fully saturated rings. The highest BCUT2D eigenvalue weighted by molar-refractivity contribution is 7.92. The van der Waals surface area contributed by atoms with Crippen LogP contribution >= 0.6 is 0 Å². The zero-order valence-corrected chi connectivity index (χ0v) is 15.1. The molecular weight excluding hydrogens is 324 g/mol. The normalized spacial score (nSPS) is 11.4. The van der Waals surface area contributed by atoms with Crippen molar-refractivity contribution in [3.8, 4) is 0 Å². The first-order chi connectivity index (χ1) is 11.2. The molecule has 1 amide bonds. The highest BCUT2D eigenvalue weighted by Gasteiger charge is 2.15. The number of rotatable bonds is 5. The summed E-state index contributed by atoms with van der Waals surface area (Å²) in [5, 5.41) is 2.92. The predicted octanol–water partition coefficient (Wildman–Crippen LogP) is 3.74. The number of nitrogens with one attached hydrogen (secondary N) is 2. The van der Waals surface area contributed by atoms with Crippen LogP contribution in [0, 0.1) is 6.92 Å². The number of hydrogen-bond donors (Lipinski definition) is 2. The van der Waals surface area contributed by atoms with Crippen LogP contribution in [0.5, 0.6) is 0 Å². The van der Waals surface area contributed by atoms with E-state index in [1.807, 2.05) is 24.3 Å². The Morgan fingerprint density at radius 2 is 1.62 bits per heavy atom. The summed E-state index contributed by atoms with van der Waals surface area (Å²) in [7, 11) is -3.40. The van der Waals surface area contributed by atoms with E-state index in [1.165, 1.54) is 0 Å². The van der Waals surface area contributed by atoms with Crippen LogP contribution in [-0.2, 0) is 10.0 Å². The fourth-order valence-electron chi connectivity index (χ4n) is 2.50. The van der Waals surface area contributed by atoms with Crippen molar-refractivity contribution in [1.82, 2.24) is 0 Å². The molecular formula is C18H22N2O3S. The van der Waals surface area contributed by atoms with Gasteiger partial charge in [0, 0.05) is 11.3 Å². The van der Waals surface area contributed by atoms with Gasteiger partial charge in [-0.15, -0.1) is 0 Å². The van der Waals surface area contributed by atoms with Gasteiger partial charge in [0.25, 0.3) is 5.91 Å². The molecule has 0 aliphatic rings. The molecule has 0 atom stereocenters. The molecule has 0 spiro atoms. The lowest BCUT2D eigenvalue weighted by Gasteiger charge is -2.15. The third kappa shape index (κ3) is 4.35. The molecule has 0 radical (unpaired) electrons. The standard InChI is InChI=1S/C18H22N2O3S/c1-12(2)14-8-5-6-10-17(14)19-18(21)15-9-7-11-16(13(15)3)20-24(4,22)23/h5-12,20H,1-4H3,(H,19,21). The lowest BCUT2D eigenvalue weighted by Crippen LogP contribution is -2.17. The third-order valence-electron chi connectivity index (χ3n) is 3.70. The van der Waals surface area contributed by atoms with Crippen molar-refractivity contribution in [3.63, 3.8) is 0 Å². The Kier molecular flexibility index (Phi) is 5.29. The van der Waals surface area contributed by atoms with E-state index >= 15 is 0 Å². The van der Waals surface area contributed by atoms with Crippen LogP contribution in [0.15, 0.2) is 42.5 Å². The third-order valence-corrected chi connectivity index (χ3v) is 4.30. The zero-order valence-electron chi connectivity index (χ0n) is 14.3. The van der Waals surface area contributed by atoms with Crippen LogP contribution in [0.4, 0.5) is 11.4 Å². The molecule has 24 heavy (non-hydrogen) atoms. The number of carbonyl (C=O) groups excluding carboxylic acids is 1. The first-order valence-electron chi connectivity index (χ1n) is 7.66. The Morgan fingerprint density at radius 3 is 2.25 bits per heavy atom. The SMILES string of the molecule is Cc1c(NS(C)(=O)=O)cccc1C(=O)Nc1ccccc1C(C)C. The van der Waals surface area contributed by atoms with E-state index in [-0.39, 0.29) is 11.8 Å². The van der Waals surface area contributed by atoms with Crippen molar-refractivity contribution in [2.45, 2.75) is 26.7 Å². The second-order valence-electron chi connectivity index (χ2n) is 6.05. The van der Waals surface area contributed by atoms with Gasteiger partial charge in [-0.05, 0) is 42.2 Å². The van der Waals surface area contributed by atoms with Gasteiger partial charge in [0.05, 0.1) is 11.9 Å². The maximum atomic E-state index is 12.6. The van der Waals surface area contributed by atoms with Gasteiger partial charge < -0.3 is 5.32 Å². The molecule has 6 heteroatoms. The second kappa shape index (κ2) is 7.05. The Hall–Kier alpha value is -2.34. The average Bonchev–Trinajstić information content (AvgIpc) is 2.48. The first-order valence-corrected chi connectivity index (χ1v) is 9.56. The topological polar surface area (TPSA) is 75.3 Å². The van der Waals surface area contributed by atoms with Crippen molar-refractivity contribution < 1.29 is 13.2 Å². The predicted molar refractivity (Wildman–Crippen MR) is 98.1 cm³/mol. The summed E-state index contributed by atoms with van der Waals surface area (Å²) in [5.41, 5.74) is 3.24. The quantitative estimate of drug-likeness (QED) is 0.866. The molecule has 5 nitrogen and oxygen atoms in total. The molecule has 2 aromatic rings. The van der Waals surface area contributed by atoms with Gasteiger partial charge in [-0.2, -0.15) is 0 Å². The number of anilines is 2. The molecule has 2 N–H and O–H groups in total. The summed E-state index contributed by atoms with van der Waals surface area (Å²) in [6, 6.07) is 12.6. The monoisotopic (exact) mass is 346 g/mol. The van der Waals surface area contributed by atoms with Crippen molar-refractivity contribution in [2.75, 3.05) is 16.3 Å². The highest BCUT2D eigenvalue weighted by Crippen LogP contribution is 2.26. The minimum absolute atomic E-state index is 0.266. The van der Waals surface area contributed by atoms with E-state index in [9.17, 15) is 13.2 Å². The van der Waals surface area contributed by atoms with Gasteiger partial charge in [-0.3, -0.25) is 9.52 Å². The molecule has 2 rings (SSSR count). The number of para-hydroxylation sites is 1. The molecule has 128 valence electrons. The number of carbonyl (C=O) groups is 1. The van der Waals surface area contributed by atoms with E-state index in [1.54, 1.807) is 25.1 Å². The van der Waals surface area contributed by atoms with Gasteiger partial charge in [0.1, 0.15) is 0 Å². The number of benzene rings is 2. The molecule has 0 heterocycles. The molecule has 0 saturated carbocycles. The minimum Gasteiger partial charge on any atom is -0.322 e. The summed E-state index contributed by atoms with van der Waals surface area (Å²) < 4.78 is 25.3. The Balaban J connectivity index is 2.33. The van der Waals surface area contributed by atoms with Crippen molar-refractivity contribution >= 4 is 27.3 Å². The number of sulfonamides is 1. The average molecular weight is 346 g/mol. The lowest BCUT2D eigenvalue weighted by molar-refractivity contribution is 0.102. The maximum Gasteiger partial charge on any atom is 0.256 e. The smallest absolute Gasteiger partial charge is 0.256 e. The largest absolute Gasteiger partial charge is 0.322 e. The molecule has 0 bridgehead atoms. The summed E-state index contributed by atoms with van der Waals surface area (Å²) >= 11 is 0. The van der Waals surface area contributed by atoms with Gasteiger partial charge in [0.2, 0.25) is 10.0 Å². The Bertz CT molecular complexity index is 858. The molecule has 2 aromatic carbocycles. The Morgan fingerprint density at radius 1 is 1.00 bits per heavy atom. The zero-order chi connectivity index (χ0) is 17.9. The van der Waals surface area contributed by atoms with Crippen LogP contribution in [-0.4, -0.2) is 20.6 Å². The fraction of sp³-hybridized carbons (Fsp3) is 0.278. The number of amides is 1. The summed E-state index contributed by atoms with van der Waals surface area (Å²) in [6.45, 7) is 5.84. The maximum absolute atomic E-state index is 12.6. The van der Waals surface area contributed by atoms with Crippen LogP contribution in [0.25, 0.3) is 0 Å². The van der Waals surface area contributed by atoms with Crippen LogP contribution in [0.2, 0.25) is 0 Å². The first kappa shape index (κ1) is 18.0.